The lowest BCUT2D eigenvalue weighted by Crippen LogP contribution is -2.20. The summed E-state index contributed by atoms with van der Waals surface area (Å²) in [7, 11) is 0. The Balaban J connectivity index is 1.96. The third-order valence-electron chi connectivity index (χ3n) is 3.31. The van der Waals surface area contributed by atoms with Gasteiger partial charge in [-0.1, -0.05) is 6.07 Å². The molecule has 0 atom stereocenters. The second kappa shape index (κ2) is 5.17. The molecule has 1 aromatic carbocycles. The van der Waals surface area contributed by atoms with Crippen molar-refractivity contribution in [1.82, 2.24) is 4.98 Å². The first-order valence-corrected chi connectivity index (χ1v) is 7.36. The standard InChI is InChI=1S/C14H15N5OS/c1-7-12(18-14(21-7)19-13(15)16)9-2-4-10-8(6-9)3-5-11(20)17-10/h2,4,6H,3,5H2,1H3,(H,17,20)(H4,15,16,18,19). The van der Waals surface area contributed by atoms with E-state index in [0.717, 1.165) is 33.8 Å². The van der Waals surface area contributed by atoms with Crippen LogP contribution in [0.15, 0.2) is 18.2 Å². The van der Waals surface area contributed by atoms with Crippen LogP contribution in [0, 0.1) is 12.3 Å². The summed E-state index contributed by atoms with van der Waals surface area (Å²) >= 11 is 1.46. The molecule has 0 unspecified atom stereocenters. The first kappa shape index (κ1) is 13.6. The van der Waals surface area contributed by atoms with Crippen molar-refractivity contribution in [3.8, 4) is 11.3 Å². The van der Waals surface area contributed by atoms with Gasteiger partial charge >= 0.3 is 0 Å². The number of aryl methyl sites for hydroxylation is 2. The number of thiazole rings is 1. The zero-order chi connectivity index (χ0) is 15.0. The molecule has 7 heteroatoms. The molecule has 0 fully saturated rings. The molecular weight excluding hydrogens is 286 g/mol. The molecule has 1 aliphatic heterocycles. The summed E-state index contributed by atoms with van der Waals surface area (Å²) in [5.41, 5.74) is 9.22. The summed E-state index contributed by atoms with van der Waals surface area (Å²) in [4.78, 5) is 16.9. The van der Waals surface area contributed by atoms with Crippen LogP contribution in [0.5, 0.6) is 0 Å². The minimum Gasteiger partial charge on any atom is -0.370 e. The minimum absolute atomic E-state index is 0.0630. The number of nitrogens with zero attached hydrogens (tertiary/aromatic N) is 1. The van der Waals surface area contributed by atoms with Crippen LogP contribution in [0.4, 0.5) is 10.8 Å². The molecule has 1 aliphatic rings. The summed E-state index contributed by atoms with van der Waals surface area (Å²) < 4.78 is 0. The lowest BCUT2D eigenvalue weighted by Gasteiger charge is -2.17. The Labute approximate surface area is 125 Å². The Morgan fingerprint density at radius 3 is 3.05 bits per heavy atom. The molecule has 0 radical (unpaired) electrons. The quantitative estimate of drug-likeness (QED) is 0.504. The smallest absolute Gasteiger partial charge is 0.224 e. The predicted octanol–water partition coefficient (Wildman–Crippen LogP) is 2.31. The summed E-state index contributed by atoms with van der Waals surface area (Å²) in [6.07, 6.45) is 1.26. The highest BCUT2D eigenvalue weighted by Gasteiger charge is 2.17. The number of nitrogens with one attached hydrogen (secondary N) is 3. The number of guanidine groups is 1. The molecule has 2 heterocycles. The number of benzene rings is 1. The van der Waals surface area contributed by atoms with E-state index in [2.05, 4.69) is 21.7 Å². The number of hydrogen-bond acceptors (Lipinski definition) is 4. The first-order chi connectivity index (χ1) is 10.0. The molecular formula is C14H15N5OS. The second-order valence-corrected chi connectivity index (χ2v) is 6.09. The van der Waals surface area contributed by atoms with Gasteiger partial charge in [0.2, 0.25) is 5.91 Å². The van der Waals surface area contributed by atoms with E-state index in [-0.39, 0.29) is 11.9 Å². The van der Waals surface area contributed by atoms with Crippen molar-refractivity contribution in [3.05, 3.63) is 28.6 Å². The van der Waals surface area contributed by atoms with E-state index in [9.17, 15) is 4.79 Å². The molecule has 1 amide bonds. The number of carbonyl (C=O) groups excluding carboxylic acids is 1. The monoisotopic (exact) mass is 301 g/mol. The van der Waals surface area contributed by atoms with E-state index in [4.69, 9.17) is 11.1 Å². The largest absolute Gasteiger partial charge is 0.370 e. The van der Waals surface area contributed by atoms with Gasteiger partial charge in [-0.3, -0.25) is 10.2 Å². The minimum atomic E-state index is -0.122. The topological polar surface area (TPSA) is 104 Å². The van der Waals surface area contributed by atoms with Crippen LogP contribution in [-0.2, 0) is 11.2 Å². The molecule has 3 rings (SSSR count). The van der Waals surface area contributed by atoms with Crippen LogP contribution in [0.2, 0.25) is 0 Å². The number of fused-ring (bicyclic) bond motifs is 1. The SMILES string of the molecule is Cc1sc(NC(=N)N)nc1-c1ccc2c(c1)CCC(=O)N2. The van der Waals surface area contributed by atoms with Gasteiger partial charge in [-0.25, -0.2) is 4.98 Å². The van der Waals surface area contributed by atoms with Crippen LogP contribution in [0.3, 0.4) is 0 Å². The van der Waals surface area contributed by atoms with E-state index < -0.39 is 0 Å². The van der Waals surface area contributed by atoms with Gasteiger partial charge < -0.3 is 16.4 Å². The average Bonchev–Trinajstić information content (AvgIpc) is 2.78. The Bertz CT molecular complexity index is 737. The Kier molecular flexibility index (Phi) is 3.34. The zero-order valence-electron chi connectivity index (χ0n) is 11.5. The maximum atomic E-state index is 11.4. The van der Waals surface area contributed by atoms with Crippen LogP contribution in [0.25, 0.3) is 11.3 Å². The summed E-state index contributed by atoms with van der Waals surface area (Å²) in [6.45, 7) is 1.99. The van der Waals surface area contributed by atoms with E-state index in [1.807, 2.05) is 19.1 Å². The van der Waals surface area contributed by atoms with Crippen molar-refractivity contribution in [2.24, 2.45) is 5.73 Å². The number of nitrogens with two attached hydrogens (primary N) is 1. The van der Waals surface area contributed by atoms with Gasteiger partial charge in [0.25, 0.3) is 0 Å². The number of anilines is 2. The number of carbonyl (C=O) groups is 1. The summed E-state index contributed by atoms with van der Waals surface area (Å²) in [5, 5.41) is 13.5. The van der Waals surface area contributed by atoms with Gasteiger partial charge in [-0.15, -0.1) is 11.3 Å². The molecule has 21 heavy (non-hydrogen) atoms. The number of amides is 1. The maximum Gasteiger partial charge on any atom is 0.224 e. The molecule has 0 saturated heterocycles. The summed E-state index contributed by atoms with van der Waals surface area (Å²) in [5.74, 6) is -0.0588. The maximum absolute atomic E-state index is 11.4. The van der Waals surface area contributed by atoms with Gasteiger partial charge in [0.05, 0.1) is 5.69 Å². The van der Waals surface area contributed by atoms with Crippen LogP contribution < -0.4 is 16.4 Å². The normalized spacial score (nSPS) is 13.5. The van der Waals surface area contributed by atoms with Crippen molar-refractivity contribution in [1.29, 1.82) is 5.41 Å². The number of hydrogen-bond donors (Lipinski definition) is 4. The zero-order valence-corrected chi connectivity index (χ0v) is 12.3. The third-order valence-corrected chi connectivity index (χ3v) is 4.20. The van der Waals surface area contributed by atoms with Gasteiger partial charge in [-0.2, -0.15) is 0 Å². The number of rotatable bonds is 2. The molecule has 0 spiro atoms. The molecule has 0 aliphatic carbocycles. The fourth-order valence-electron chi connectivity index (χ4n) is 2.36. The molecule has 6 nitrogen and oxygen atoms in total. The van der Waals surface area contributed by atoms with Crippen molar-refractivity contribution in [3.63, 3.8) is 0 Å². The highest BCUT2D eigenvalue weighted by atomic mass is 32.1. The van der Waals surface area contributed by atoms with Crippen LogP contribution >= 0.6 is 11.3 Å². The average molecular weight is 301 g/mol. The third kappa shape index (κ3) is 2.73. The molecule has 0 saturated carbocycles. The predicted molar refractivity (Wildman–Crippen MR) is 84.8 cm³/mol. The van der Waals surface area contributed by atoms with Crippen molar-refractivity contribution < 1.29 is 4.79 Å². The Morgan fingerprint density at radius 1 is 1.48 bits per heavy atom. The van der Waals surface area contributed by atoms with Gasteiger partial charge in [0, 0.05) is 22.5 Å². The van der Waals surface area contributed by atoms with E-state index in [0.29, 0.717) is 11.6 Å². The van der Waals surface area contributed by atoms with Gasteiger partial charge in [0.15, 0.2) is 11.1 Å². The van der Waals surface area contributed by atoms with Crippen molar-refractivity contribution >= 4 is 34.0 Å². The lowest BCUT2D eigenvalue weighted by atomic mass is 9.99. The van der Waals surface area contributed by atoms with Crippen LogP contribution in [0.1, 0.15) is 16.9 Å². The van der Waals surface area contributed by atoms with E-state index >= 15 is 0 Å². The fourth-order valence-corrected chi connectivity index (χ4v) is 3.21. The van der Waals surface area contributed by atoms with E-state index in [1.54, 1.807) is 0 Å². The second-order valence-electron chi connectivity index (χ2n) is 4.88. The first-order valence-electron chi connectivity index (χ1n) is 6.54. The van der Waals surface area contributed by atoms with Crippen LogP contribution in [-0.4, -0.2) is 16.9 Å². The summed E-state index contributed by atoms with van der Waals surface area (Å²) in [6, 6.07) is 5.93. The molecule has 108 valence electrons. The van der Waals surface area contributed by atoms with Crippen molar-refractivity contribution in [2.75, 3.05) is 10.6 Å². The molecule has 0 bridgehead atoms. The van der Waals surface area contributed by atoms with Gasteiger partial charge in [-0.05, 0) is 31.0 Å². The van der Waals surface area contributed by atoms with Gasteiger partial charge in [0.1, 0.15) is 0 Å². The van der Waals surface area contributed by atoms with E-state index in [1.165, 1.54) is 11.3 Å². The van der Waals surface area contributed by atoms with Crippen molar-refractivity contribution in [2.45, 2.75) is 19.8 Å². The fraction of sp³-hybridized carbons (Fsp3) is 0.214. The lowest BCUT2D eigenvalue weighted by molar-refractivity contribution is -0.116. The Morgan fingerprint density at radius 2 is 2.29 bits per heavy atom. The highest BCUT2D eigenvalue weighted by Crippen LogP contribution is 2.33. The molecule has 1 aromatic heterocycles. The number of aromatic nitrogens is 1. The Hall–Kier alpha value is -2.41. The molecule has 5 N–H and O–H groups in total. The highest BCUT2D eigenvalue weighted by molar-refractivity contribution is 7.16. The molecule has 2 aromatic rings.